The van der Waals surface area contributed by atoms with Gasteiger partial charge in [0.05, 0.1) is 5.70 Å². The van der Waals surface area contributed by atoms with E-state index in [0.29, 0.717) is 5.69 Å². The molecule has 1 heterocycles. The molecule has 0 saturated heterocycles. The van der Waals surface area contributed by atoms with Crippen molar-refractivity contribution in [2.45, 2.75) is 0 Å². The van der Waals surface area contributed by atoms with Gasteiger partial charge in [0.15, 0.2) is 5.69 Å². The molecule has 100 valence electrons. The maximum Gasteiger partial charge on any atom is 0.170 e. The van der Waals surface area contributed by atoms with Gasteiger partial charge < -0.3 is 0 Å². The molecule has 0 fully saturated rings. The zero-order valence-electron chi connectivity index (χ0n) is 11.4. The van der Waals surface area contributed by atoms with E-state index in [4.69, 9.17) is 0 Å². The number of nitrogens with zero attached hydrogens (tertiary/aromatic N) is 3. The summed E-state index contributed by atoms with van der Waals surface area (Å²) in [5.41, 5.74) is 3.91. The maximum atomic E-state index is 9.29. The zero-order valence-corrected chi connectivity index (χ0v) is 11.4. The fourth-order valence-corrected chi connectivity index (χ4v) is 2.19. The maximum absolute atomic E-state index is 9.29. The molecule has 0 aliphatic rings. The molecule has 1 aromatic heterocycles. The molecule has 3 heteroatoms. The Balaban J connectivity index is 2.05. The minimum absolute atomic E-state index is 0.401. The molecule has 0 aliphatic heterocycles. The Hall–Kier alpha value is -3.12. The average Bonchev–Trinajstić information content (AvgIpc) is 3.00. The molecule has 3 aromatic rings. The third-order valence-corrected chi connectivity index (χ3v) is 3.29. The average molecular weight is 271 g/mol. The molecule has 0 spiro atoms. The van der Waals surface area contributed by atoms with E-state index in [1.807, 2.05) is 66.9 Å². The largest absolute Gasteiger partial charge is 0.239 e. The van der Waals surface area contributed by atoms with Gasteiger partial charge in [0.25, 0.3) is 0 Å². The highest BCUT2D eigenvalue weighted by Gasteiger charge is 2.12. The SMILES string of the molecule is C=C(c1ccccc1)n1cc(-c2ccccc2)c(C#N)n1. The molecule has 0 saturated carbocycles. The Morgan fingerprint density at radius 3 is 2.24 bits per heavy atom. The number of nitriles is 1. The van der Waals surface area contributed by atoms with Crippen LogP contribution in [0.4, 0.5) is 0 Å². The van der Waals surface area contributed by atoms with E-state index in [1.54, 1.807) is 4.68 Å². The van der Waals surface area contributed by atoms with Crippen LogP contribution >= 0.6 is 0 Å². The van der Waals surface area contributed by atoms with Crippen LogP contribution < -0.4 is 0 Å². The topological polar surface area (TPSA) is 41.6 Å². The third kappa shape index (κ3) is 2.47. The Kier molecular flexibility index (Phi) is 3.36. The first-order chi connectivity index (χ1) is 10.3. The van der Waals surface area contributed by atoms with Crippen molar-refractivity contribution in [1.29, 1.82) is 5.26 Å². The van der Waals surface area contributed by atoms with Crippen LogP contribution in [0.25, 0.3) is 16.8 Å². The minimum Gasteiger partial charge on any atom is -0.239 e. The van der Waals surface area contributed by atoms with Crippen molar-refractivity contribution < 1.29 is 0 Å². The van der Waals surface area contributed by atoms with Gasteiger partial charge in [0, 0.05) is 11.8 Å². The molecule has 0 atom stereocenters. The molecule has 0 bridgehead atoms. The molecule has 2 aromatic carbocycles. The summed E-state index contributed by atoms with van der Waals surface area (Å²) < 4.78 is 1.66. The molecule has 0 aliphatic carbocycles. The summed E-state index contributed by atoms with van der Waals surface area (Å²) in [4.78, 5) is 0. The van der Waals surface area contributed by atoms with Crippen LogP contribution in [0.5, 0.6) is 0 Å². The molecule has 3 rings (SSSR count). The lowest BCUT2D eigenvalue weighted by molar-refractivity contribution is 0.898. The van der Waals surface area contributed by atoms with Crippen LogP contribution in [0.1, 0.15) is 11.3 Å². The molecule has 21 heavy (non-hydrogen) atoms. The lowest BCUT2D eigenvalue weighted by Crippen LogP contribution is -1.98. The van der Waals surface area contributed by atoms with Gasteiger partial charge in [-0.25, -0.2) is 4.68 Å². The first kappa shape index (κ1) is 12.9. The van der Waals surface area contributed by atoms with Crippen LogP contribution in [0.3, 0.4) is 0 Å². The van der Waals surface area contributed by atoms with Crippen molar-refractivity contribution in [1.82, 2.24) is 9.78 Å². The lowest BCUT2D eigenvalue weighted by atomic mass is 10.1. The number of aromatic nitrogens is 2. The second-order valence-corrected chi connectivity index (χ2v) is 4.63. The van der Waals surface area contributed by atoms with E-state index < -0.39 is 0 Å². The van der Waals surface area contributed by atoms with Gasteiger partial charge in [-0.2, -0.15) is 10.4 Å². The number of hydrogen-bond acceptors (Lipinski definition) is 2. The molecule has 0 N–H and O–H groups in total. The summed E-state index contributed by atoms with van der Waals surface area (Å²) in [5.74, 6) is 0. The second-order valence-electron chi connectivity index (χ2n) is 4.63. The zero-order chi connectivity index (χ0) is 14.7. The van der Waals surface area contributed by atoms with Gasteiger partial charge in [-0.3, -0.25) is 0 Å². The van der Waals surface area contributed by atoms with Crippen LogP contribution in [-0.2, 0) is 0 Å². The second kappa shape index (κ2) is 5.48. The highest BCUT2D eigenvalue weighted by atomic mass is 15.3. The lowest BCUT2D eigenvalue weighted by Gasteiger charge is -2.04. The van der Waals surface area contributed by atoms with E-state index in [0.717, 1.165) is 22.4 Å². The van der Waals surface area contributed by atoms with Crippen molar-refractivity contribution in [2.24, 2.45) is 0 Å². The molecule has 3 nitrogen and oxygen atoms in total. The summed E-state index contributed by atoms with van der Waals surface area (Å²) in [6.45, 7) is 4.07. The van der Waals surface area contributed by atoms with Gasteiger partial charge in [0.1, 0.15) is 6.07 Å². The Morgan fingerprint density at radius 1 is 1.00 bits per heavy atom. The number of rotatable bonds is 3. The molecular formula is C18H13N3. The summed E-state index contributed by atoms with van der Waals surface area (Å²) in [5, 5.41) is 13.6. The smallest absolute Gasteiger partial charge is 0.170 e. The van der Waals surface area contributed by atoms with Gasteiger partial charge in [-0.15, -0.1) is 0 Å². The minimum atomic E-state index is 0.401. The first-order valence-electron chi connectivity index (χ1n) is 6.59. The number of benzene rings is 2. The highest BCUT2D eigenvalue weighted by molar-refractivity contribution is 5.71. The fraction of sp³-hybridized carbons (Fsp3) is 0. The van der Waals surface area contributed by atoms with Gasteiger partial charge in [-0.05, 0) is 11.1 Å². The summed E-state index contributed by atoms with van der Waals surface area (Å²) >= 11 is 0. The van der Waals surface area contributed by atoms with Crippen molar-refractivity contribution in [3.05, 3.63) is 84.7 Å². The molecule has 0 amide bonds. The van der Waals surface area contributed by atoms with Gasteiger partial charge >= 0.3 is 0 Å². The first-order valence-corrected chi connectivity index (χ1v) is 6.59. The Bertz CT molecular complexity index is 809. The predicted octanol–water partition coefficient (Wildman–Crippen LogP) is 3.94. The third-order valence-electron chi connectivity index (χ3n) is 3.29. The predicted molar refractivity (Wildman–Crippen MR) is 83.3 cm³/mol. The molecule has 0 unspecified atom stereocenters. The molecule has 0 radical (unpaired) electrons. The van der Waals surface area contributed by atoms with E-state index in [1.165, 1.54) is 0 Å². The highest BCUT2D eigenvalue weighted by Crippen LogP contribution is 2.24. The van der Waals surface area contributed by atoms with E-state index in [2.05, 4.69) is 17.7 Å². The normalized spacial score (nSPS) is 10.0. The van der Waals surface area contributed by atoms with Gasteiger partial charge in [-0.1, -0.05) is 67.2 Å². The van der Waals surface area contributed by atoms with Crippen molar-refractivity contribution in [3.63, 3.8) is 0 Å². The van der Waals surface area contributed by atoms with Crippen LogP contribution in [0.15, 0.2) is 73.4 Å². The number of hydrogen-bond donors (Lipinski definition) is 0. The standard InChI is InChI=1S/C18H13N3/c1-14(15-8-4-2-5-9-15)21-13-17(18(12-19)20-21)16-10-6-3-7-11-16/h2-11,13H,1H2. The Labute approximate surface area is 123 Å². The summed E-state index contributed by atoms with van der Waals surface area (Å²) in [6, 6.07) is 21.7. The Morgan fingerprint density at radius 2 is 1.62 bits per heavy atom. The van der Waals surface area contributed by atoms with Gasteiger partial charge in [0.2, 0.25) is 0 Å². The molecular weight excluding hydrogens is 258 g/mol. The summed E-state index contributed by atoms with van der Waals surface area (Å²) in [6.07, 6.45) is 1.85. The van der Waals surface area contributed by atoms with E-state index in [9.17, 15) is 5.26 Å². The summed E-state index contributed by atoms with van der Waals surface area (Å²) in [7, 11) is 0. The van der Waals surface area contributed by atoms with Crippen molar-refractivity contribution >= 4 is 5.70 Å². The van der Waals surface area contributed by atoms with Crippen LogP contribution in [0.2, 0.25) is 0 Å². The van der Waals surface area contributed by atoms with E-state index in [-0.39, 0.29) is 0 Å². The van der Waals surface area contributed by atoms with Crippen molar-refractivity contribution in [3.8, 4) is 17.2 Å². The van der Waals surface area contributed by atoms with Crippen LogP contribution in [0, 0.1) is 11.3 Å². The monoisotopic (exact) mass is 271 g/mol. The quantitative estimate of drug-likeness (QED) is 0.724. The fourth-order valence-electron chi connectivity index (χ4n) is 2.19. The van der Waals surface area contributed by atoms with E-state index >= 15 is 0 Å². The van der Waals surface area contributed by atoms with Crippen molar-refractivity contribution in [2.75, 3.05) is 0 Å². The van der Waals surface area contributed by atoms with Crippen LogP contribution in [-0.4, -0.2) is 9.78 Å².